The summed E-state index contributed by atoms with van der Waals surface area (Å²) in [6.45, 7) is 0.697. The number of alkyl halides is 3. The second-order valence-electron chi connectivity index (χ2n) is 7.13. The Morgan fingerprint density at radius 1 is 1.21 bits per heavy atom. The van der Waals surface area contributed by atoms with Crippen LogP contribution in [0.3, 0.4) is 0 Å². The molecule has 0 amide bonds. The molecule has 13 heteroatoms. The Bertz CT molecular complexity index is 1270. The van der Waals surface area contributed by atoms with Crippen LogP contribution < -0.4 is 10.5 Å². The number of benzene rings is 1. The first-order valence-corrected chi connectivity index (χ1v) is 9.53. The summed E-state index contributed by atoms with van der Waals surface area (Å²) in [7, 11) is 2.10. The van der Waals surface area contributed by atoms with Crippen LogP contribution in [0.15, 0.2) is 50.8 Å². The van der Waals surface area contributed by atoms with Gasteiger partial charge in [0.25, 0.3) is 5.69 Å². The fraction of sp³-hybridized carbons (Fsp3) is 0.286. The summed E-state index contributed by atoms with van der Waals surface area (Å²) < 4.78 is 54.2. The number of anilines is 1. The van der Waals surface area contributed by atoms with Crippen molar-refractivity contribution >= 4 is 23.3 Å². The minimum Gasteiger partial charge on any atom is -0.468 e. The lowest BCUT2D eigenvalue weighted by Gasteiger charge is -2.36. The molecule has 3 rings (SSSR count). The highest BCUT2D eigenvalue weighted by molar-refractivity contribution is 5.95. The Hall–Kier alpha value is -4.16. The molecule has 2 aromatic rings. The zero-order chi connectivity index (χ0) is 25.4. The highest BCUT2D eigenvalue weighted by Gasteiger charge is 2.43. The van der Waals surface area contributed by atoms with Gasteiger partial charge in [-0.25, -0.2) is 9.59 Å². The molecule has 0 saturated heterocycles. The lowest BCUT2D eigenvalue weighted by atomic mass is 9.80. The Morgan fingerprint density at radius 2 is 1.88 bits per heavy atom. The predicted molar refractivity (Wildman–Crippen MR) is 109 cm³/mol. The van der Waals surface area contributed by atoms with Crippen molar-refractivity contribution in [3.63, 3.8) is 0 Å². The van der Waals surface area contributed by atoms with Gasteiger partial charge in [0, 0.05) is 23.9 Å². The largest absolute Gasteiger partial charge is 0.468 e. The molecule has 1 aromatic carbocycles. The Kier molecular flexibility index (Phi) is 6.48. The second kappa shape index (κ2) is 9.00. The fourth-order valence-electron chi connectivity index (χ4n) is 3.72. The van der Waals surface area contributed by atoms with Crippen molar-refractivity contribution in [2.45, 2.75) is 19.0 Å². The van der Waals surface area contributed by atoms with Crippen LogP contribution in [0.25, 0.3) is 0 Å². The van der Waals surface area contributed by atoms with Gasteiger partial charge in [-0.05, 0) is 12.5 Å². The molecule has 1 aliphatic heterocycles. The highest BCUT2D eigenvalue weighted by Crippen LogP contribution is 2.45. The number of nitro benzene ring substituents is 1. The summed E-state index contributed by atoms with van der Waals surface area (Å²) in [5.74, 6) is -4.84. The van der Waals surface area contributed by atoms with Crippen LogP contribution in [-0.2, 0) is 25.2 Å². The van der Waals surface area contributed by atoms with E-state index in [4.69, 9.17) is 4.74 Å². The number of ether oxygens (including phenoxy) is 2. The van der Waals surface area contributed by atoms with Gasteiger partial charge in [0.2, 0.25) is 5.76 Å². The van der Waals surface area contributed by atoms with Crippen LogP contribution in [0, 0.1) is 10.1 Å². The van der Waals surface area contributed by atoms with Gasteiger partial charge in [0.05, 0.1) is 41.9 Å². The average Bonchev–Trinajstić information content (AvgIpc) is 2.79. The molecule has 2 heterocycles. The minimum atomic E-state index is -5.04. The molecule has 10 nitrogen and oxygen atoms in total. The van der Waals surface area contributed by atoms with Gasteiger partial charge in [-0.1, -0.05) is 12.1 Å². The van der Waals surface area contributed by atoms with Gasteiger partial charge in [-0.2, -0.15) is 13.2 Å². The number of allylic oxidation sites excluding steroid dienone is 1. The summed E-state index contributed by atoms with van der Waals surface area (Å²) in [6, 6.07) is 5.44. The van der Waals surface area contributed by atoms with E-state index in [0.29, 0.717) is 6.07 Å². The molecule has 0 saturated carbocycles. The Balaban J connectivity index is 2.42. The van der Waals surface area contributed by atoms with Crippen molar-refractivity contribution < 1.29 is 41.6 Å². The number of hydrogen-bond acceptors (Lipinski definition) is 9. The van der Waals surface area contributed by atoms with E-state index in [9.17, 15) is 37.7 Å². The summed E-state index contributed by atoms with van der Waals surface area (Å²) in [4.78, 5) is 49.2. The van der Waals surface area contributed by atoms with Gasteiger partial charge < -0.3 is 18.8 Å². The molecular weight excluding hydrogens is 465 g/mol. The lowest BCUT2D eigenvalue weighted by Crippen LogP contribution is -2.39. The SMILES string of the molecule is COC(=O)CN1C(C)=C(C(=O)OC)[C@H](c2cccc([N+](=O)[O-])c2)c2c1cc(C(F)(F)F)oc2=O. The van der Waals surface area contributed by atoms with E-state index in [-0.39, 0.29) is 28.2 Å². The number of nitrogens with zero attached hydrogens (tertiary/aromatic N) is 2. The van der Waals surface area contributed by atoms with E-state index in [2.05, 4.69) is 9.15 Å². The molecule has 0 fully saturated rings. The third-order valence-electron chi connectivity index (χ3n) is 5.24. The van der Waals surface area contributed by atoms with Gasteiger partial charge in [-0.3, -0.25) is 14.9 Å². The van der Waals surface area contributed by atoms with Crippen LogP contribution in [-0.4, -0.2) is 37.6 Å². The molecule has 0 N–H and O–H groups in total. The minimum absolute atomic E-state index is 0.0139. The third-order valence-corrected chi connectivity index (χ3v) is 5.24. The maximum absolute atomic E-state index is 13.4. The molecule has 1 aliphatic rings. The van der Waals surface area contributed by atoms with Gasteiger partial charge >= 0.3 is 23.7 Å². The third kappa shape index (κ3) is 4.36. The maximum atomic E-state index is 13.4. The predicted octanol–water partition coefficient (Wildman–Crippen LogP) is 3.14. The molecular formula is C21H17F3N2O8. The van der Waals surface area contributed by atoms with Crippen molar-refractivity contribution in [3.8, 4) is 0 Å². The lowest BCUT2D eigenvalue weighted by molar-refractivity contribution is -0.384. The Labute approximate surface area is 189 Å². The number of esters is 2. The first-order chi connectivity index (χ1) is 15.9. The maximum Gasteiger partial charge on any atom is 0.449 e. The van der Waals surface area contributed by atoms with E-state index < -0.39 is 52.5 Å². The van der Waals surface area contributed by atoms with Crippen molar-refractivity contribution in [3.05, 3.63) is 79.0 Å². The second-order valence-corrected chi connectivity index (χ2v) is 7.13. The Morgan fingerprint density at radius 3 is 2.44 bits per heavy atom. The number of methoxy groups -OCH3 is 2. The molecule has 1 atom stereocenters. The van der Waals surface area contributed by atoms with E-state index >= 15 is 0 Å². The zero-order valence-corrected chi connectivity index (χ0v) is 18.0. The number of carbonyl (C=O) groups is 2. The number of fused-ring (bicyclic) bond motifs is 1. The molecule has 1 aromatic heterocycles. The molecule has 180 valence electrons. The van der Waals surface area contributed by atoms with E-state index in [1.165, 1.54) is 25.1 Å². The molecule has 0 bridgehead atoms. The fourth-order valence-corrected chi connectivity index (χ4v) is 3.72. The van der Waals surface area contributed by atoms with E-state index in [1.807, 2.05) is 0 Å². The molecule has 0 aliphatic carbocycles. The van der Waals surface area contributed by atoms with Gasteiger partial charge in [0.15, 0.2) is 0 Å². The first-order valence-electron chi connectivity index (χ1n) is 9.53. The number of carbonyl (C=O) groups excluding carboxylic acids is 2. The summed E-state index contributed by atoms with van der Waals surface area (Å²) in [5.41, 5.74) is -2.79. The number of halogens is 3. The van der Waals surface area contributed by atoms with Crippen molar-refractivity contribution in [1.82, 2.24) is 0 Å². The van der Waals surface area contributed by atoms with Crippen LogP contribution in [0.2, 0.25) is 0 Å². The van der Waals surface area contributed by atoms with Crippen molar-refractivity contribution in [1.29, 1.82) is 0 Å². The summed E-state index contributed by atoms with van der Waals surface area (Å²) >= 11 is 0. The van der Waals surface area contributed by atoms with Crippen LogP contribution >= 0.6 is 0 Å². The zero-order valence-electron chi connectivity index (χ0n) is 18.0. The van der Waals surface area contributed by atoms with E-state index in [1.54, 1.807) is 0 Å². The molecule has 0 radical (unpaired) electrons. The van der Waals surface area contributed by atoms with Gasteiger partial charge in [-0.15, -0.1) is 0 Å². The quantitative estimate of drug-likeness (QED) is 0.358. The van der Waals surface area contributed by atoms with Crippen molar-refractivity contribution in [2.75, 3.05) is 25.7 Å². The molecule has 0 unspecified atom stereocenters. The normalized spacial score (nSPS) is 15.6. The topological polar surface area (TPSA) is 129 Å². The number of nitro groups is 1. The number of hydrogen-bond donors (Lipinski definition) is 0. The highest BCUT2D eigenvalue weighted by atomic mass is 19.4. The number of rotatable bonds is 5. The summed E-state index contributed by atoms with van der Waals surface area (Å²) in [5, 5.41) is 11.3. The average molecular weight is 482 g/mol. The molecule has 34 heavy (non-hydrogen) atoms. The molecule has 0 spiro atoms. The smallest absolute Gasteiger partial charge is 0.449 e. The number of non-ortho nitro benzene ring substituents is 1. The monoisotopic (exact) mass is 482 g/mol. The standard InChI is InChI=1S/C21H17F3N2O8/c1-10-16(19(28)33-3)17(11-5-4-6-12(7-11)26(30)31)18-13(25(10)9-15(27)32-2)8-14(21(22,23)24)34-20(18)29/h4-8,17H,9H2,1-3H3/t17-/m0/s1. The van der Waals surface area contributed by atoms with E-state index in [0.717, 1.165) is 25.2 Å². The summed E-state index contributed by atoms with van der Waals surface area (Å²) in [6.07, 6.45) is -5.04. The van der Waals surface area contributed by atoms with Crippen LogP contribution in [0.4, 0.5) is 24.5 Å². The van der Waals surface area contributed by atoms with Crippen LogP contribution in [0.1, 0.15) is 29.7 Å². The van der Waals surface area contributed by atoms with Crippen LogP contribution in [0.5, 0.6) is 0 Å². The first kappa shape index (κ1) is 24.5. The van der Waals surface area contributed by atoms with Gasteiger partial charge in [0.1, 0.15) is 6.54 Å². The van der Waals surface area contributed by atoms with Crippen molar-refractivity contribution in [2.24, 2.45) is 0 Å².